The van der Waals surface area contributed by atoms with E-state index in [0.717, 1.165) is 44.9 Å². The quantitative estimate of drug-likeness (QED) is 0.0777. The van der Waals surface area contributed by atoms with E-state index in [4.69, 9.17) is 5.11 Å². The van der Waals surface area contributed by atoms with Crippen LogP contribution in [0.25, 0.3) is 0 Å². The molecule has 2 atom stereocenters. The van der Waals surface area contributed by atoms with Gasteiger partial charge >= 0.3 is 17.9 Å². The fraction of sp³-hybridized carbons (Fsp3) is 0.793. The predicted octanol–water partition coefficient (Wildman–Crippen LogP) is 3.76. The summed E-state index contributed by atoms with van der Waals surface area (Å²) in [5, 5.41) is 34.3. The first-order valence-electron chi connectivity index (χ1n) is 15.0. The van der Waals surface area contributed by atoms with Crippen LogP contribution in [-0.2, 0) is 28.8 Å². The fourth-order valence-electron chi connectivity index (χ4n) is 4.41. The van der Waals surface area contributed by atoms with Gasteiger partial charge in [0.2, 0.25) is 17.7 Å². The van der Waals surface area contributed by atoms with E-state index in [1.807, 2.05) is 0 Å². The maximum Gasteiger partial charge on any atom is 0.326 e. The van der Waals surface area contributed by atoms with Crippen LogP contribution in [0.3, 0.4) is 0 Å². The largest absolute Gasteiger partial charge is 0.481 e. The average Bonchev–Trinajstić information content (AvgIpc) is 2.92. The molecule has 0 aromatic carbocycles. The van der Waals surface area contributed by atoms with Crippen LogP contribution in [-0.4, -0.2) is 70.1 Å². The summed E-state index contributed by atoms with van der Waals surface area (Å²) in [5.41, 5.74) is 0. The van der Waals surface area contributed by atoms with Crippen molar-refractivity contribution in [1.29, 1.82) is 0 Å². The molecular weight excluding hydrogens is 534 g/mol. The summed E-state index contributed by atoms with van der Waals surface area (Å²) < 4.78 is 0. The number of carboxylic acid groups (broad SMARTS) is 3. The number of hydrogen-bond acceptors (Lipinski definition) is 6. The van der Waals surface area contributed by atoms with Crippen molar-refractivity contribution in [2.24, 2.45) is 0 Å². The number of rotatable bonds is 27. The van der Waals surface area contributed by atoms with Gasteiger partial charge in [-0.3, -0.25) is 19.2 Å². The van der Waals surface area contributed by atoms with Crippen molar-refractivity contribution in [3.8, 4) is 0 Å². The first-order valence-corrected chi connectivity index (χ1v) is 15.0. The summed E-state index contributed by atoms with van der Waals surface area (Å²) in [4.78, 5) is 68.9. The number of amides is 3. The van der Waals surface area contributed by atoms with Crippen LogP contribution in [0.1, 0.15) is 128 Å². The van der Waals surface area contributed by atoms with Gasteiger partial charge in [-0.2, -0.15) is 0 Å². The zero-order chi connectivity index (χ0) is 30.9. The van der Waals surface area contributed by atoms with E-state index < -0.39 is 41.8 Å². The van der Waals surface area contributed by atoms with Crippen molar-refractivity contribution >= 4 is 35.6 Å². The molecule has 0 rings (SSSR count). The number of aliphatic carboxylic acids is 3. The van der Waals surface area contributed by atoms with Gasteiger partial charge in [0.1, 0.15) is 12.1 Å². The second kappa shape index (κ2) is 24.6. The lowest BCUT2D eigenvalue weighted by atomic mass is 10.0. The van der Waals surface area contributed by atoms with Gasteiger partial charge < -0.3 is 31.3 Å². The third-order valence-corrected chi connectivity index (χ3v) is 6.91. The van der Waals surface area contributed by atoms with Gasteiger partial charge in [-0.15, -0.1) is 0 Å². The molecule has 0 fully saturated rings. The Bertz CT molecular complexity index is 804. The van der Waals surface area contributed by atoms with Crippen molar-refractivity contribution in [3.63, 3.8) is 0 Å². The monoisotopic (exact) mass is 585 g/mol. The van der Waals surface area contributed by atoms with Crippen molar-refractivity contribution in [3.05, 3.63) is 0 Å². The molecule has 0 radical (unpaired) electrons. The Morgan fingerprint density at radius 3 is 1.12 bits per heavy atom. The van der Waals surface area contributed by atoms with E-state index in [0.29, 0.717) is 6.42 Å². The van der Waals surface area contributed by atoms with E-state index in [1.54, 1.807) is 0 Å². The smallest absolute Gasteiger partial charge is 0.326 e. The summed E-state index contributed by atoms with van der Waals surface area (Å²) >= 11 is 0. The van der Waals surface area contributed by atoms with Gasteiger partial charge in [-0.25, -0.2) is 9.59 Å². The molecule has 0 bridgehead atoms. The zero-order valence-corrected chi connectivity index (χ0v) is 24.6. The lowest BCUT2D eigenvalue weighted by molar-refractivity contribution is -0.143. The summed E-state index contributed by atoms with van der Waals surface area (Å²) in [5.74, 6) is -4.70. The minimum Gasteiger partial charge on any atom is -0.481 e. The van der Waals surface area contributed by atoms with Gasteiger partial charge in [-0.1, -0.05) is 77.0 Å². The standard InChI is InChI=1S/C29H51N3O9/c1-30-24(33)20-18-22(28(38)39)32-26(35)21-19-23(29(40)41)31-25(34)16-14-12-10-8-6-4-2-3-5-7-9-11-13-15-17-27(36)37/h22-23H,2-21H2,1H3,(H,30,33)(H,31,34)(H,32,35)(H,36,37)(H,38,39)(H,40,41). The molecule has 0 heterocycles. The van der Waals surface area contributed by atoms with Crippen LogP contribution in [0.5, 0.6) is 0 Å². The van der Waals surface area contributed by atoms with Crippen LogP contribution in [0.2, 0.25) is 0 Å². The molecule has 0 saturated carbocycles. The van der Waals surface area contributed by atoms with Crippen molar-refractivity contribution < 1.29 is 44.1 Å². The van der Waals surface area contributed by atoms with Crippen LogP contribution in [0.15, 0.2) is 0 Å². The Morgan fingerprint density at radius 1 is 0.463 bits per heavy atom. The molecular formula is C29H51N3O9. The van der Waals surface area contributed by atoms with Gasteiger partial charge in [0.25, 0.3) is 0 Å². The molecule has 0 aromatic heterocycles. The minimum atomic E-state index is -1.29. The molecule has 3 amide bonds. The molecule has 6 N–H and O–H groups in total. The molecule has 2 unspecified atom stereocenters. The van der Waals surface area contributed by atoms with E-state index in [-0.39, 0.29) is 44.4 Å². The van der Waals surface area contributed by atoms with E-state index in [1.165, 1.54) is 45.6 Å². The fourth-order valence-corrected chi connectivity index (χ4v) is 4.41. The maximum atomic E-state index is 12.2. The number of nitrogens with one attached hydrogen (secondary N) is 3. The zero-order valence-electron chi connectivity index (χ0n) is 24.6. The van der Waals surface area contributed by atoms with Gasteiger partial charge in [-0.05, 0) is 25.7 Å². The normalized spacial score (nSPS) is 12.2. The Balaban J connectivity index is 3.91. The Labute approximate surface area is 243 Å². The molecule has 12 nitrogen and oxygen atoms in total. The first kappa shape index (κ1) is 37.8. The van der Waals surface area contributed by atoms with Gasteiger partial charge in [0.15, 0.2) is 0 Å². The lowest BCUT2D eigenvalue weighted by Crippen LogP contribution is -2.44. The summed E-state index contributed by atoms with van der Waals surface area (Å²) in [6, 6.07) is -2.52. The molecule has 0 aliphatic rings. The minimum absolute atomic E-state index is 0.0809. The van der Waals surface area contributed by atoms with Gasteiger partial charge in [0, 0.05) is 32.7 Å². The topological polar surface area (TPSA) is 199 Å². The lowest BCUT2D eigenvalue weighted by Gasteiger charge is -2.17. The second-order valence-electron chi connectivity index (χ2n) is 10.5. The number of carboxylic acids is 3. The third-order valence-electron chi connectivity index (χ3n) is 6.91. The summed E-state index contributed by atoms with van der Waals surface area (Å²) in [6.45, 7) is 0. The van der Waals surface area contributed by atoms with E-state index in [2.05, 4.69) is 16.0 Å². The SMILES string of the molecule is CNC(=O)CCC(NC(=O)CCC(NC(=O)CCCCCCCCCCCCCCCCC(=O)O)C(=O)O)C(=O)O. The van der Waals surface area contributed by atoms with Crippen molar-refractivity contribution in [1.82, 2.24) is 16.0 Å². The molecule has 0 aliphatic heterocycles. The number of carbonyl (C=O) groups excluding carboxylic acids is 3. The Kier molecular flexibility index (Phi) is 22.7. The predicted molar refractivity (Wildman–Crippen MR) is 153 cm³/mol. The van der Waals surface area contributed by atoms with Crippen LogP contribution in [0, 0.1) is 0 Å². The van der Waals surface area contributed by atoms with Crippen molar-refractivity contribution in [2.45, 2.75) is 141 Å². The Morgan fingerprint density at radius 2 is 0.780 bits per heavy atom. The molecule has 41 heavy (non-hydrogen) atoms. The molecule has 0 spiro atoms. The molecule has 12 heteroatoms. The summed E-state index contributed by atoms with van der Waals surface area (Å²) in [6.07, 6.45) is 14.7. The Hall–Kier alpha value is -3.18. The summed E-state index contributed by atoms with van der Waals surface area (Å²) in [7, 11) is 1.42. The second-order valence-corrected chi connectivity index (χ2v) is 10.5. The third kappa shape index (κ3) is 23.2. The first-order chi connectivity index (χ1) is 19.6. The maximum absolute atomic E-state index is 12.2. The average molecular weight is 586 g/mol. The highest BCUT2D eigenvalue weighted by atomic mass is 16.4. The van der Waals surface area contributed by atoms with Gasteiger partial charge in [0.05, 0.1) is 0 Å². The van der Waals surface area contributed by atoms with Crippen LogP contribution in [0.4, 0.5) is 0 Å². The molecule has 0 aromatic rings. The molecule has 0 aliphatic carbocycles. The molecule has 0 saturated heterocycles. The molecule has 236 valence electrons. The highest BCUT2D eigenvalue weighted by Gasteiger charge is 2.24. The van der Waals surface area contributed by atoms with Crippen LogP contribution >= 0.6 is 0 Å². The highest BCUT2D eigenvalue weighted by Crippen LogP contribution is 2.14. The van der Waals surface area contributed by atoms with E-state index in [9.17, 15) is 39.0 Å². The number of carbonyl (C=O) groups is 6. The number of unbranched alkanes of at least 4 members (excludes halogenated alkanes) is 13. The number of hydrogen-bond donors (Lipinski definition) is 6. The van der Waals surface area contributed by atoms with Crippen LogP contribution < -0.4 is 16.0 Å². The van der Waals surface area contributed by atoms with Crippen molar-refractivity contribution in [2.75, 3.05) is 7.05 Å². The highest BCUT2D eigenvalue weighted by molar-refractivity contribution is 5.86. The van der Waals surface area contributed by atoms with E-state index >= 15 is 0 Å².